The van der Waals surface area contributed by atoms with Crippen LogP contribution in [0.25, 0.3) is 0 Å². The van der Waals surface area contributed by atoms with Crippen LogP contribution in [0, 0.1) is 5.82 Å². The molecule has 4 heteroatoms. The predicted octanol–water partition coefficient (Wildman–Crippen LogP) is 2.19. The summed E-state index contributed by atoms with van der Waals surface area (Å²) in [4.78, 5) is 0. The van der Waals surface area contributed by atoms with Crippen molar-refractivity contribution in [1.29, 1.82) is 0 Å². The number of benzene rings is 1. The van der Waals surface area contributed by atoms with Gasteiger partial charge in [-0.1, -0.05) is 12.1 Å². The summed E-state index contributed by atoms with van der Waals surface area (Å²) in [7, 11) is 0. The highest BCUT2D eigenvalue weighted by Crippen LogP contribution is 2.24. The summed E-state index contributed by atoms with van der Waals surface area (Å²) >= 11 is 0. The van der Waals surface area contributed by atoms with Crippen LogP contribution in [-0.4, -0.2) is 23.9 Å². The molecule has 0 bridgehead atoms. The van der Waals surface area contributed by atoms with Crippen molar-refractivity contribution < 1.29 is 14.2 Å². The van der Waals surface area contributed by atoms with Gasteiger partial charge in [-0.25, -0.2) is 4.39 Å². The molecular formula is C13H18FNO2. The van der Waals surface area contributed by atoms with Crippen LogP contribution in [0.3, 0.4) is 0 Å². The normalized spacial score (nSPS) is 19.2. The fraction of sp³-hybridized carbons (Fsp3) is 0.538. The van der Waals surface area contributed by atoms with Gasteiger partial charge in [0.15, 0.2) is 11.6 Å². The number of phenolic OH excluding ortho intramolecular Hbond substituents is 1. The lowest BCUT2D eigenvalue weighted by Crippen LogP contribution is -2.46. The predicted molar refractivity (Wildman–Crippen MR) is 63.4 cm³/mol. The number of nitrogens with one attached hydrogen (secondary N) is 1. The van der Waals surface area contributed by atoms with Gasteiger partial charge in [0.1, 0.15) is 0 Å². The second-order valence-electron chi connectivity index (χ2n) is 4.77. The Morgan fingerprint density at radius 3 is 2.82 bits per heavy atom. The van der Waals surface area contributed by atoms with Gasteiger partial charge in [-0.2, -0.15) is 0 Å². The van der Waals surface area contributed by atoms with Crippen molar-refractivity contribution in [3.63, 3.8) is 0 Å². The van der Waals surface area contributed by atoms with Crippen molar-refractivity contribution >= 4 is 0 Å². The van der Waals surface area contributed by atoms with E-state index >= 15 is 0 Å². The zero-order valence-corrected chi connectivity index (χ0v) is 10.0. The third kappa shape index (κ3) is 2.96. The summed E-state index contributed by atoms with van der Waals surface area (Å²) in [6, 6.07) is 4.60. The minimum absolute atomic E-state index is 0.0109. The third-order valence-electron chi connectivity index (χ3n) is 3.37. The SMILES string of the molecule is CC1(NCc2cccc(F)c2O)CCOCC1. The molecule has 94 valence electrons. The Hall–Kier alpha value is -1.13. The van der Waals surface area contributed by atoms with E-state index in [2.05, 4.69) is 12.2 Å². The van der Waals surface area contributed by atoms with Crippen LogP contribution in [0.15, 0.2) is 18.2 Å². The smallest absolute Gasteiger partial charge is 0.165 e. The molecule has 1 aromatic rings. The number of phenols is 1. The summed E-state index contributed by atoms with van der Waals surface area (Å²) in [5.74, 6) is -0.822. The van der Waals surface area contributed by atoms with Crippen molar-refractivity contribution in [2.24, 2.45) is 0 Å². The van der Waals surface area contributed by atoms with Gasteiger partial charge in [-0.3, -0.25) is 0 Å². The third-order valence-corrected chi connectivity index (χ3v) is 3.37. The zero-order chi connectivity index (χ0) is 12.3. The molecule has 3 nitrogen and oxygen atoms in total. The maximum absolute atomic E-state index is 13.1. The maximum Gasteiger partial charge on any atom is 0.165 e. The first-order valence-corrected chi connectivity index (χ1v) is 5.90. The minimum Gasteiger partial charge on any atom is -0.505 e. The Bertz CT molecular complexity index is 389. The summed E-state index contributed by atoms with van der Waals surface area (Å²) in [6.07, 6.45) is 1.87. The quantitative estimate of drug-likeness (QED) is 0.849. The summed E-state index contributed by atoms with van der Waals surface area (Å²) in [5, 5.41) is 12.9. The summed E-state index contributed by atoms with van der Waals surface area (Å²) in [6.45, 7) is 4.10. The molecule has 1 aromatic carbocycles. The Kier molecular flexibility index (Phi) is 3.64. The fourth-order valence-electron chi connectivity index (χ4n) is 2.01. The van der Waals surface area contributed by atoms with E-state index in [9.17, 15) is 9.50 Å². The lowest BCUT2D eigenvalue weighted by molar-refractivity contribution is 0.0445. The van der Waals surface area contributed by atoms with Crippen LogP contribution in [0.4, 0.5) is 4.39 Å². The van der Waals surface area contributed by atoms with Gasteiger partial charge in [0.2, 0.25) is 0 Å². The molecule has 0 atom stereocenters. The number of para-hydroxylation sites is 1. The van der Waals surface area contributed by atoms with E-state index in [1.807, 2.05) is 0 Å². The molecule has 0 amide bonds. The van der Waals surface area contributed by atoms with Crippen LogP contribution in [0.1, 0.15) is 25.3 Å². The van der Waals surface area contributed by atoms with Crippen LogP contribution in [-0.2, 0) is 11.3 Å². The molecule has 17 heavy (non-hydrogen) atoms. The number of hydrogen-bond acceptors (Lipinski definition) is 3. The Labute approximate surface area is 101 Å². The highest BCUT2D eigenvalue weighted by Gasteiger charge is 2.26. The summed E-state index contributed by atoms with van der Waals surface area (Å²) in [5.41, 5.74) is 0.606. The molecule has 2 N–H and O–H groups in total. The van der Waals surface area contributed by atoms with Crippen LogP contribution in [0.2, 0.25) is 0 Å². The minimum atomic E-state index is -0.568. The van der Waals surface area contributed by atoms with Gasteiger partial charge in [0.25, 0.3) is 0 Å². The maximum atomic E-state index is 13.1. The molecule has 1 aliphatic heterocycles. The summed E-state index contributed by atoms with van der Waals surface area (Å²) < 4.78 is 18.5. The number of hydrogen-bond donors (Lipinski definition) is 2. The average Bonchev–Trinajstić information content (AvgIpc) is 2.32. The zero-order valence-electron chi connectivity index (χ0n) is 10.0. The van der Waals surface area contributed by atoms with E-state index in [0.29, 0.717) is 12.1 Å². The van der Waals surface area contributed by atoms with E-state index in [1.54, 1.807) is 12.1 Å². The van der Waals surface area contributed by atoms with E-state index in [4.69, 9.17) is 4.74 Å². The van der Waals surface area contributed by atoms with Crippen LogP contribution >= 0.6 is 0 Å². The topological polar surface area (TPSA) is 41.5 Å². The molecule has 0 unspecified atom stereocenters. The van der Waals surface area contributed by atoms with E-state index in [-0.39, 0.29) is 11.3 Å². The largest absolute Gasteiger partial charge is 0.505 e. The molecule has 1 aliphatic rings. The molecule has 0 spiro atoms. The molecular weight excluding hydrogens is 221 g/mol. The lowest BCUT2D eigenvalue weighted by atomic mass is 9.92. The van der Waals surface area contributed by atoms with Crippen molar-refractivity contribution in [3.8, 4) is 5.75 Å². The molecule has 1 heterocycles. The number of rotatable bonds is 3. The van der Waals surface area contributed by atoms with Crippen LogP contribution < -0.4 is 5.32 Å². The standard InChI is InChI=1S/C13H18FNO2/c1-13(5-7-17-8-6-13)15-9-10-3-2-4-11(14)12(10)16/h2-4,15-16H,5-9H2,1H3. The highest BCUT2D eigenvalue weighted by molar-refractivity contribution is 5.33. The molecule has 1 saturated heterocycles. The van der Waals surface area contributed by atoms with Gasteiger partial charge in [-0.05, 0) is 25.8 Å². The molecule has 0 radical (unpaired) electrons. The molecule has 0 saturated carbocycles. The second kappa shape index (κ2) is 5.02. The Balaban J connectivity index is 1.99. The number of ether oxygens (including phenoxy) is 1. The van der Waals surface area contributed by atoms with Crippen LogP contribution in [0.5, 0.6) is 5.75 Å². The van der Waals surface area contributed by atoms with Gasteiger partial charge < -0.3 is 15.2 Å². The van der Waals surface area contributed by atoms with Crippen molar-refractivity contribution in [2.45, 2.75) is 31.8 Å². The van der Waals surface area contributed by atoms with Gasteiger partial charge in [0.05, 0.1) is 0 Å². The molecule has 0 aliphatic carbocycles. The van der Waals surface area contributed by atoms with E-state index in [1.165, 1.54) is 6.07 Å². The fourth-order valence-corrected chi connectivity index (χ4v) is 2.01. The highest BCUT2D eigenvalue weighted by atomic mass is 19.1. The van der Waals surface area contributed by atoms with Crippen molar-refractivity contribution in [3.05, 3.63) is 29.6 Å². The first-order valence-electron chi connectivity index (χ1n) is 5.90. The van der Waals surface area contributed by atoms with Crippen molar-refractivity contribution in [1.82, 2.24) is 5.32 Å². The van der Waals surface area contributed by atoms with Gasteiger partial charge in [-0.15, -0.1) is 0 Å². The van der Waals surface area contributed by atoms with Crippen molar-refractivity contribution in [2.75, 3.05) is 13.2 Å². The monoisotopic (exact) mass is 239 g/mol. The first kappa shape index (κ1) is 12.3. The first-order chi connectivity index (χ1) is 8.11. The number of halogens is 1. The van der Waals surface area contributed by atoms with E-state index in [0.717, 1.165) is 26.1 Å². The average molecular weight is 239 g/mol. The van der Waals surface area contributed by atoms with Gasteiger partial charge in [0, 0.05) is 30.9 Å². The Morgan fingerprint density at radius 2 is 2.12 bits per heavy atom. The second-order valence-corrected chi connectivity index (χ2v) is 4.77. The Morgan fingerprint density at radius 1 is 1.41 bits per heavy atom. The van der Waals surface area contributed by atoms with Gasteiger partial charge >= 0.3 is 0 Å². The lowest BCUT2D eigenvalue weighted by Gasteiger charge is -2.34. The molecule has 1 fully saturated rings. The van der Waals surface area contributed by atoms with E-state index < -0.39 is 5.82 Å². The molecule has 2 rings (SSSR count). The molecule has 0 aromatic heterocycles. The number of aromatic hydroxyl groups is 1.